The second-order valence-electron chi connectivity index (χ2n) is 6.24. The Hall–Kier alpha value is -1.81. The van der Waals surface area contributed by atoms with E-state index >= 15 is 0 Å². The Morgan fingerprint density at radius 2 is 2.30 bits per heavy atom. The summed E-state index contributed by atoms with van der Waals surface area (Å²) < 4.78 is 0. The van der Waals surface area contributed by atoms with Gasteiger partial charge in [0.1, 0.15) is 0 Å². The summed E-state index contributed by atoms with van der Waals surface area (Å²) in [5.74, 6) is 0.220. The molecule has 1 aliphatic carbocycles. The second kappa shape index (κ2) is 4.09. The summed E-state index contributed by atoms with van der Waals surface area (Å²) in [7, 11) is 2.12. The van der Waals surface area contributed by atoms with Gasteiger partial charge in [0.05, 0.1) is 5.92 Å². The van der Waals surface area contributed by atoms with Gasteiger partial charge in [-0.3, -0.25) is 4.79 Å². The number of fused-ring (bicyclic) bond motifs is 2. The monoisotopic (exact) mass is 269 g/mol. The lowest BCUT2D eigenvalue weighted by molar-refractivity contribution is -0.124. The molecule has 104 valence electrons. The smallest absolute Gasteiger partial charge is 0.221 e. The number of benzene rings is 1. The van der Waals surface area contributed by atoms with Crippen molar-refractivity contribution in [3.8, 4) is 0 Å². The second-order valence-corrected chi connectivity index (χ2v) is 6.24. The van der Waals surface area contributed by atoms with Gasteiger partial charge in [0.25, 0.3) is 0 Å². The molecule has 0 radical (unpaired) electrons. The molecule has 3 atom stereocenters. The molecule has 1 saturated heterocycles. The van der Waals surface area contributed by atoms with Gasteiger partial charge in [-0.2, -0.15) is 0 Å². The normalized spacial score (nSPS) is 29.4. The molecule has 3 N–H and O–H groups in total. The summed E-state index contributed by atoms with van der Waals surface area (Å²) in [6.07, 6.45) is 4.08. The Morgan fingerprint density at radius 3 is 3.10 bits per heavy atom. The molecule has 1 amide bonds. The van der Waals surface area contributed by atoms with Crippen LogP contribution >= 0.6 is 0 Å². The van der Waals surface area contributed by atoms with E-state index in [1.165, 1.54) is 22.0 Å². The topological polar surface area (TPSA) is 62.1 Å². The fourth-order valence-electron chi connectivity index (χ4n) is 4.15. The van der Waals surface area contributed by atoms with E-state index in [4.69, 9.17) is 5.73 Å². The molecule has 0 spiro atoms. The molecule has 0 bridgehead atoms. The highest BCUT2D eigenvalue weighted by atomic mass is 16.1. The molecule has 1 unspecified atom stereocenters. The van der Waals surface area contributed by atoms with Crippen LogP contribution < -0.4 is 5.73 Å². The number of amides is 1. The number of hydrogen-bond donors (Lipinski definition) is 2. The van der Waals surface area contributed by atoms with Crippen molar-refractivity contribution in [2.75, 3.05) is 13.6 Å². The van der Waals surface area contributed by atoms with Crippen LogP contribution in [-0.2, 0) is 11.2 Å². The lowest BCUT2D eigenvalue weighted by Gasteiger charge is -2.44. The van der Waals surface area contributed by atoms with Crippen LogP contribution in [0.15, 0.2) is 24.4 Å². The summed E-state index contributed by atoms with van der Waals surface area (Å²) in [4.78, 5) is 17.3. The number of piperidine rings is 1. The number of likely N-dealkylation sites (tertiary alicyclic amines) is 1. The third kappa shape index (κ3) is 1.54. The average Bonchev–Trinajstić information content (AvgIpc) is 2.84. The zero-order valence-corrected chi connectivity index (χ0v) is 11.6. The molecule has 1 aromatic carbocycles. The SMILES string of the molecule is CN1C[C@H](C(N)=O)CC2c3cccc4[nH]cc(c34)C[C@H]21. The van der Waals surface area contributed by atoms with Gasteiger partial charge in [0, 0.05) is 35.6 Å². The number of nitrogens with zero attached hydrogens (tertiary/aromatic N) is 1. The van der Waals surface area contributed by atoms with Crippen LogP contribution in [0.5, 0.6) is 0 Å². The predicted octanol–water partition coefficient (Wildman–Crippen LogP) is 1.61. The van der Waals surface area contributed by atoms with Crippen LogP contribution in [-0.4, -0.2) is 35.4 Å². The van der Waals surface area contributed by atoms with Crippen LogP contribution in [0.3, 0.4) is 0 Å². The number of hydrogen-bond acceptors (Lipinski definition) is 2. The van der Waals surface area contributed by atoms with Gasteiger partial charge in [0.15, 0.2) is 0 Å². The molecule has 4 rings (SSSR count). The Bertz CT molecular complexity index is 690. The molecule has 4 heteroatoms. The van der Waals surface area contributed by atoms with Crippen molar-refractivity contribution >= 4 is 16.8 Å². The van der Waals surface area contributed by atoms with Gasteiger partial charge < -0.3 is 15.6 Å². The van der Waals surface area contributed by atoms with E-state index in [9.17, 15) is 4.79 Å². The number of likely N-dealkylation sites (N-methyl/N-ethyl adjacent to an activating group) is 1. The fraction of sp³-hybridized carbons (Fsp3) is 0.438. The minimum absolute atomic E-state index is 0.0306. The molecule has 1 fully saturated rings. The molecule has 1 aromatic heterocycles. The van der Waals surface area contributed by atoms with Crippen molar-refractivity contribution in [3.05, 3.63) is 35.5 Å². The number of nitrogens with one attached hydrogen (secondary N) is 1. The van der Waals surface area contributed by atoms with Gasteiger partial charge >= 0.3 is 0 Å². The Labute approximate surface area is 117 Å². The molecular formula is C16H19N3O. The maximum Gasteiger partial charge on any atom is 0.221 e. The van der Waals surface area contributed by atoms with Crippen LogP contribution in [0.25, 0.3) is 10.9 Å². The van der Waals surface area contributed by atoms with Crippen molar-refractivity contribution in [1.29, 1.82) is 0 Å². The first kappa shape index (κ1) is 12.0. The van der Waals surface area contributed by atoms with E-state index in [2.05, 4.69) is 41.3 Å². The number of aromatic amines is 1. The highest BCUT2D eigenvalue weighted by Gasteiger charge is 2.40. The van der Waals surface area contributed by atoms with Crippen LogP contribution in [0.1, 0.15) is 23.5 Å². The van der Waals surface area contributed by atoms with Crippen LogP contribution in [0, 0.1) is 5.92 Å². The van der Waals surface area contributed by atoms with Gasteiger partial charge in [-0.05, 0) is 37.1 Å². The molecule has 4 nitrogen and oxygen atoms in total. The average molecular weight is 269 g/mol. The number of carbonyl (C=O) groups is 1. The van der Waals surface area contributed by atoms with E-state index in [1.807, 2.05) is 0 Å². The predicted molar refractivity (Wildman–Crippen MR) is 78.5 cm³/mol. The number of primary amides is 1. The first-order chi connectivity index (χ1) is 9.65. The number of carbonyl (C=O) groups excluding carboxylic acids is 1. The number of nitrogens with two attached hydrogens (primary N) is 1. The molecule has 2 aromatic rings. The lowest BCUT2D eigenvalue weighted by atomic mass is 9.72. The zero-order chi connectivity index (χ0) is 13.9. The van der Waals surface area contributed by atoms with E-state index in [0.29, 0.717) is 12.0 Å². The van der Waals surface area contributed by atoms with Gasteiger partial charge in [-0.1, -0.05) is 12.1 Å². The summed E-state index contributed by atoms with van der Waals surface area (Å²) in [5, 5.41) is 1.37. The lowest BCUT2D eigenvalue weighted by Crippen LogP contribution is -2.50. The first-order valence-electron chi connectivity index (χ1n) is 7.23. The standard InChI is InChI=1S/C16H19N3O/c1-19-8-10(16(17)20)5-12-11-3-2-4-13-15(11)9(7-18-13)6-14(12)19/h2-4,7,10,12,14,18H,5-6,8H2,1H3,(H2,17,20)/t10-,12?,14-/m1/s1. The molecule has 0 saturated carbocycles. The largest absolute Gasteiger partial charge is 0.369 e. The summed E-state index contributed by atoms with van der Waals surface area (Å²) in [6.45, 7) is 0.784. The molecule has 2 aliphatic rings. The maximum atomic E-state index is 11.6. The zero-order valence-electron chi connectivity index (χ0n) is 11.6. The Morgan fingerprint density at radius 1 is 1.45 bits per heavy atom. The first-order valence-corrected chi connectivity index (χ1v) is 7.23. The maximum absolute atomic E-state index is 11.6. The van der Waals surface area contributed by atoms with Gasteiger partial charge in [0.2, 0.25) is 5.91 Å². The Balaban J connectivity index is 1.85. The number of rotatable bonds is 1. The van der Waals surface area contributed by atoms with Crippen molar-refractivity contribution in [3.63, 3.8) is 0 Å². The quantitative estimate of drug-likeness (QED) is 0.826. The molecule has 2 heterocycles. The number of H-pyrrole nitrogens is 1. The van der Waals surface area contributed by atoms with Gasteiger partial charge in [-0.25, -0.2) is 0 Å². The van der Waals surface area contributed by atoms with E-state index in [0.717, 1.165) is 19.4 Å². The van der Waals surface area contributed by atoms with Crippen LogP contribution in [0.4, 0.5) is 0 Å². The van der Waals surface area contributed by atoms with Crippen molar-refractivity contribution in [1.82, 2.24) is 9.88 Å². The fourth-order valence-corrected chi connectivity index (χ4v) is 4.15. The van der Waals surface area contributed by atoms with E-state index < -0.39 is 0 Å². The highest BCUT2D eigenvalue weighted by Crippen LogP contribution is 2.44. The third-order valence-corrected chi connectivity index (χ3v) is 5.13. The molecule has 20 heavy (non-hydrogen) atoms. The summed E-state index contributed by atoms with van der Waals surface area (Å²) in [5.41, 5.74) is 9.55. The van der Waals surface area contributed by atoms with E-state index in [1.54, 1.807) is 0 Å². The third-order valence-electron chi connectivity index (χ3n) is 5.13. The van der Waals surface area contributed by atoms with Crippen molar-refractivity contribution < 1.29 is 4.79 Å². The van der Waals surface area contributed by atoms with Crippen molar-refractivity contribution in [2.24, 2.45) is 11.7 Å². The minimum atomic E-state index is -0.164. The minimum Gasteiger partial charge on any atom is -0.369 e. The molecular weight excluding hydrogens is 250 g/mol. The summed E-state index contributed by atoms with van der Waals surface area (Å²) in [6, 6.07) is 6.93. The highest BCUT2D eigenvalue weighted by molar-refractivity contribution is 5.88. The van der Waals surface area contributed by atoms with Gasteiger partial charge in [-0.15, -0.1) is 0 Å². The number of aromatic nitrogens is 1. The Kier molecular flexibility index (Phi) is 2.45. The summed E-state index contributed by atoms with van der Waals surface area (Å²) >= 11 is 0. The van der Waals surface area contributed by atoms with Crippen LogP contribution in [0.2, 0.25) is 0 Å². The molecule has 1 aliphatic heterocycles. The van der Waals surface area contributed by atoms with E-state index in [-0.39, 0.29) is 11.8 Å². The van der Waals surface area contributed by atoms with Crippen molar-refractivity contribution in [2.45, 2.75) is 24.8 Å².